The first-order valence-electron chi connectivity index (χ1n) is 19.3. The van der Waals surface area contributed by atoms with Gasteiger partial charge in [-0.15, -0.1) is 0 Å². The molecule has 0 heterocycles. The predicted molar refractivity (Wildman–Crippen MR) is 228 cm³/mol. The summed E-state index contributed by atoms with van der Waals surface area (Å²) in [5.74, 6) is 0. The Morgan fingerprint density at radius 1 is 0.315 bits per heavy atom. The Kier molecular flexibility index (Phi) is 8.07. The van der Waals surface area contributed by atoms with Crippen LogP contribution in [0, 0.1) is 0 Å². The van der Waals surface area contributed by atoms with Gasteiger partial charge in [-0.25, -0.2) is 0 Å². The number of rotatable bonds is 7. The summed E-state index contributed by atoms with van der Waals surface area (Å²) in [6, 6.07) is 73.7. The van der Waals surface area contributed by atoms with Crippen LogP contribution in [-0.4, -0.2) is 0 Å². The van der Waals surface area contributed by atoms with Gasteiger partial charge in [-0.3, -0.25) is 0 Å². The molecule has 0 aliphatic heterocycles. The van der Waals surface area contributed by atoms with Crippen LogP contribution in [-0.2, 0) is 5.41 Å². The molecule has 0 amide bonds. The van der Waals surface area contributed by atoms with Crippen molar-refractivity contribution in [3.63, 3.8) is 0 Å². The minimum absolute atomic E-state index is 0.0762. The van der Waals surface area contributed by atoms with Gasteiger partial charge in [-0.1, -0.05) is 183 Å². The van der Waals surface area contributed by atoms with Crippen LogP contribution in [0.1, 0.15) is 36.8 Å². The zero-order chi connectivity index (χ0) is 35.9. The minimum atomic E-state index is 0.0762. The highest BCUT2D eigenvalue weighted by Gasteiger charge is 2.45. The fourth-order valence-electron chi connectivity index (χ4n) is 9.42. The molecular formula is C53H41N. The molecule has 0 atom stereocenters. The zero-order valence-electron chi connectivity index (χ0n) is 30.3. The smallest absolute Gasteiger partial charge is 0.0540 e. The first-order chi connectivity index (χ1) is 26.8. The Balaban J connectivity index is 1.19. The Morgan fingerprint density at radius 3 is 1.54 bits per heavy atom. The molecule has 8 aromatic carbocycles. The van der Waals surface area contributed by atoms with Crippen LogP contribution in [0.5, 0.6) is 0 Å². The molecule has 258 valence electrons. The third-order valence-corrected chi connectivity index (χ3v) is 11.8. The molecular weight excluding hydrogens is 651 g/mol. The maximum Gasteiger partial charge on any atom is 0.0540 e. The Hall–Kier alpha value is -6.44. The quantitative estimate of drug-likeness (QED) is 0.161. The molecule has 0 saturated heterocycles. The van der Waals surface area contributed by atoms with Crippen molar-refractivity contribution >= 4 is 17.1 Å². The molecule has 54 heavy (non-hydrogen) atoms. The largest absolute Gasteiger partial charge is 0.310 e. The number of para-hydroxylation sites is 1. The highest BCUT2D eigenvalue weighted by molar-refractivity contribution is 5.98. The van der Waals surface area contributed by atoms with E-state index < -0.39 is 0 Å². The summed E-state index contributed by atoms with van der Waals surface area (Å²) in [6.45, 7) is 0. The molecule has 1 fully saturated rings. The minimum Gasteiger partial charge on any atom is -0.310 e. The van der Waals surface area contributed by atoms with E-state index >= 15 is 0 Å². The van der Waals surface area contributed by atoms with Gasteiger partial charge in [0.15, 0.2) is 0 Å². The highest BCUT2D eigenvalue weighted by Crippen LogP contribution is 2.58. The number of benzene rings is 8. The highest BCUT2D eigenvalue weighted by atomic mass is 15.1. The average molecular weight is 692 g/mol. The Morgan fingerprint density at radius 2 is 0.815 bits per heavy atom. The van der Waals surface area contributed by atoms with E-state index in [1.165, 1.54) is 98.1 Å². The fourth-order valence-corrected chi connectivity index (χ4v) is 9.42. The van der Waals surface area contributed by atoms with Crippen LogP contribution in [0.3, 0.4) is 0 Å². The van der Waals surface area contributed by atoms with Crippen molar-refractivity contribution in [3.8, 4) is 55.6 Å². The summed E-state index contributed by atoms with van der Waals surface area (Å²) in [5.41, 5.74) is 19.1. The molecule has 0 unspecified atom stereocenters. The molecule has 0 radical (unpaired) electrons. The molecule has 8 aromatic rings. The number of fused-ring (bicyclic) bond motifs is 5. The van der Waals surface area contributed by atoms with E-state index in [0.29, 0.717) is 0 Å². The fraction of sp³-hybridized carbons (Fsp3) is 0.0943. The van der Waals surface area contributed by atoms with Crippen LogP contribution >= 0.6 is 0 Å². The SMILES string of the molecule is c1ccc(-c2cccc(N(c3ccc4c(c3)C3(CCCC3)c3ccccc3-4)c3ccccc3-c3ccccc3-c3ccccc3-c3ccccc3)c2)cc1. The molecule has 10 rings (SSSR count). The lowest BCUT2D eigenvalue weighted by Crippen LogP contribution is -2.21. The van der Waals surface area contributed by atoms with Gasteiger partial charge in [0.05, 0.1) is 5.69 Å². The maximum absolute atomic E-state index is 2.53. The molecule has 1 heteroatoms. The normalized spacial score (nSPS) is 13.8. The summed E-state index contributed by atoms with van der Waals surface area (Å²) in [5, 5.41) is 0. The molecule has 2 aliphatic rings. The van der Waals surface area contributed by atoms with Gasteiger partial charge in [0.2, 0.25) is 0 Å². The molecule has 2 aliphatic carbocycles. The standard InChI is InChI=1S/C53H41N/c1-3-18-38(19-4-1)40-22-17-23-41(36-40)54(42-32-33-48-47-28-11-13-30-50(47)53(51(48)37-42)34-15-16-35-53)52-31-14-12-29-49(52)46-27-10-9-26-45(46)44-25-8-7-24-43(44)39-20-5-2-6-21-39/h1-14,17-33,36-37H,15-16,34-35H2. The lowest BCUT2D eigenvalue weighted by atomic mass is 9.76. The third-order valence-electron chi connectivity index (χ3n) is 11.8. The van der Waals surface area contributed by atoms with Crippen molar-refractivity contribution in [1.82, 2.24) is 0 Å². The zero-order valence-corrected chi connectivity index (χ0v) is 30.3. The van der Waals surface area contributed by atoms with E-state index in [4.69, 9.17) is 0 Å². The van der Waals surface area contributed by atoms with Crippen molar-refractivity contribution in [2.24, 2.45) is 0 Å². The van der Waals surface area contributed by atoms with Gasteiger partial charge < -0.3 is 4.90 Å². The lowest BCUT2D eigenvalue weighted by molar-refractivity contribution is 0.550. The van der Waals surface area contributed by atoms with Crippen LogP contribution in [0.15, 0.2) is 200 Å². The second-order valence-electron chi connectivity index (χ2n) is 14.8. The third kappa shape index (κ3) is 5.39. The first kappa shape index (κ1) is 32.2. The van der Waals surface area contributed by atoms with E-state index in [9.17, 15) is 0 Å². The van der Waals surface area contributed by atoms with Crippen LogP contribution in [0.4, 0.5) is 17.1 Å². The molecule has 1 spiro atoms. The van der Waals surface area contributed by atoms with Crippen LogP contribution < -0.4 is 4.90 Å². The van der Waals surface area contributed by atoms with Gasteiger partial charge >= 0.3 is 0 Å². The maximum atomic E-state index is 2.53. The van der Waals surface area contributed by atoms with E-state index in [2.05, 4.69) is 205 Å². The number of hydrogen-bond acceptors (Lipinski definition) is 1. The summed E-state index contributed by atoms with van der Waals surface area (Å²) in [4.78, 5) is 2.51. The molecule has 1 saturated carbocycles. The van der Waals surface area contributed by atoms with E-state index in [1.807, 2.05) is 0 Å². The van der Waals surface area contributed by atoms with E-state index in [-0.39, 0.29) is 5.41 Å². The van der Waals surface area contributed by atoms with Gasteiger partial charge in [-0.05, 0) is 104 Å². The topological polar surface area (TPSA) is 3.24 Å². The lowest BCUT2D eigenvalue weighted by Gasteiger charge is -2.31. The second-order valence-corrected chi connectivity index (χ2v) is 14.8. The van der Waals surface area contributed by atoms with Gasteiger partial charge in [0, 0.05) is 22.4 Å². The number of nitrogens with zero attached hydrogens (tertiary/aromatic N) is 1. The number of anilines is 3. The second kappa shape index (κ2) is 13.5. The van der Waals surface area contributed by atoms with Crippen molar-refractivity contribution < 1.29 is 0 Å². The van der Waals surface area contributed by atoms with E-state index in [1.54, 1.807) is 0 Å². The first-order valence-corrected chi connectivity index (χ1v) is 19.3. The average Bonchev–Trinajstić information content (AvgIpc) is 3.86. The van der Waals surface area contributed by atoms with Gasteiger partial charge in [0.1, 0.15) is 0 Å². The molecule has 0 bridgehead atoms. The van der Waals surface area contributed by atoms with E-state index in [0.717, 1.165) is 11.4 Å². The summed E-state index contributed by atoms with van der Waals surface area (Å²) in [7, 11) is 0. The van der Waals surface area contributed by atoms with Crippen molar-refractivity contribution in [3.05, 3.63) is 211 Å². The van der Waals surface area contributed by atoms with Crippen molar-refractivity contribution in [2.75, 3.05) is 4.90 Å². The summed E-state index contributed by atoms with van der Waals surface area (Å²) >= 11 is 0. The Bertz CT molecular complexity index is 2610. The molecule has 0 N–H and O–H groups in total. The monoisotopic (exact) mass is 691 g/mol. The van der Waals surface area contributed by atoms with Crippen molar-refractivity contribution in [1.29, 1.82) is 0 Å². The van der Waals surface area contributed by atoms with Gasteiger partial charge in [-0.2, -0.15) is 0 Å². The summed E-state index contributed by atoms with van der Waals surface area (Å²) < 4.78 is 0. The van der Waals surface area contributed by atoms with Crippen LogP contribution in [0.2, 0.25) is 0 Å². The van der Waals surface area contributed by atoms with Crippen molar-refractivity contribution in [2.45, 2.75) is 31.1 Å². The van der Waals surface area contributed by atoms with Gasteiger partial charge in [0.25, 0.3) is 0 Å². The summed E-state index contributed by atoms with van der Waals surface area (Å²) in [6.07, 6.45) is 4.94. The molecule has 1 nitrogen and oxygen atoms in total. The van der Waals surface area contributed by atoms with Crippen LogP contribution in [0.25, 0.3) is 55.6 Å². The molecule has 0 aromatic heterocycles. The Labute approximate surface area is 318 Å². The predicted octanol–water partition coefficient (Wildman–Crippen LogP) is 14.7. The number of hydrogen-bond donors (Lipinski definition) is 0.